The minimum Gasteiger partial charge on any atom is -0.370 e. The standard InChI is InChI=1S/C19H18N2O3S/c20-19(22)13-17(15-8-2-1-3-9-15)21-25(23,24)18-12-6-10-14-7-4-5-11-16(14)18/h1-12,17,21H,13H2,(H2,20,22). The number of fused-ring (bicyclic) bond motifs is 1. The van der Waals surface area contributed by atoms with Crippen LogP contribution in [0.5, 0.6) is 0 Å². The van der Waals surface area contributed by atoms with Crippen LogP contribution in [0.4, 0.5) is 0 Å². The third-order valence-electron chi connectivity index (χ3n) is 3.94. The summed E-state index contributed by atoms with van der Waals surface area (Å²) >= 11 is 0. The van der Waals surface area contributed by atoms with Gasteiger partial charge in [0.15, 0.2) is 0 Å². The molecular weight excluding hydrogens is 336 g/mol. The molecule has 1 unspecified atom stereocenters. The van der Waals surface area contributed by atoms with Crippen molar-refractivity contribution in [3.63, 3.8) is 0 Å². The highest BCUT2D eigenvalue weighted by Gasteiger charge is 2.24. The monoisotopic (exact) mass is 354 g/mol. The molecule has 3 rings (SSSR count). The zero-order chi connectivity index (χ0) is 17.9. The number of nitrogens with two attached hydrogens (primary N) is 1. The van der Waals surface area contributed by atoms with Gasteiger partial charge in [0.05, 0.1) is 10.9 Å². The second-order valence-corrected chi connectivity index (χ2v) is 7.41. The number of hydrogen-bond donors (Lipinski definition) is 2. The van der Waals surface area contributed by atoms with E-state index in [1.165, 1.54) is 0 Å². The molecule has 0 aliphatic carbocycles. The summed E-state index contributed by atoms with van der Waals surface area (Å²) in [6.45, 7) is 0. The van der Waals surface area contributed by atoms with Crippen LogP contribution >= 0.6 is 0 Å². The number of rotatable bonds is 6. The summed E-state index contributed by atoms with van der Waals surface area (Å²) < 4.78 is 28.5. The highest BCUT2D eigenvalue weighted by Crippen LogP contribution is 2.25. The number of benzene rings is 3. The average molecular weight is 354 g/mol. The number of carbonyl (C=O) groups excluding carboxylic acids is 1. The predicted molar refractivity (Wildman–Crippen MR) is 97.3 cm³/mol. The third-order valence-corrected chi connectivity index (χ3v) is 5.47. The Balaban J connectivity index is 2.02. The number of sulfonamides is 1. The Hall–Kier alpha value is -2.70. The van der Waals surface area contributed by atoms with Gasteiger partial charge in [-0.15, -0.1) is 0 Å². The van der Waals surface area contributed by atoms with E-state index in [4.69, 9.17) is 5.73 Å². The Morgan fingerprint density at radius 1 is 0.920 bits per heavy atom. The van der Waals surface area contributed by atoms with E-state index in [0.717, 1.165) is 5.39 Å². The molecule has 1 atom stereocenters. The minimum absolute atomic E-state index is 0.117. The Morgan fingerprint density at radius 3 is 2.28 bits per heavy atom. The van der Waals surface area contributed by atoms with Gasteiger partial charge >= 0.3 is 0 Å². The molecule has 0 aromatic heterocycles. The zero-order valence-electron chi connectivity index (χ0n) is 13.4. The van der Waals surface area contributed by atoms with Gasteiger partial charge in [-0.3, -0.25) is 4.79 Å². The average Bonchev–Trinajstić information content (AvgIpc) is 2.61. The van der Waals surface area contributed by atoms with E-state index in [1.807, 2.05) is 24.3 Å². The van der Waals surface area contributed by atoms with Crippen LogP contribution < -0.4 is 10.5 Å². The molecule has 25 heavy (non-hydrogen) atoms. The van der Waals surface area contributed by atoms with Crippen LogP contribution in [0.3, 0.4) is 0 Å². The lowest BCUT2D eigenvalue weighted by molar-refractivity contribution is -0.118. The Morgan fingerprint density at radius 2 is 1.56 bits per heavy atom. The second kappa shape index (κ2) is 7.04. The van der Waals surface area contributed by atoms with E-state index >= 15 is 0 Å². The summed E-state index contributed by atoms with van der Waals surface area (Å²) in [6.07, 6.45) is -0.117. The SMILES string of the molecule is NC(=O)CC(NS(=O)(=O)c1cccc2ccccc12)c1ccccc1. The van der Waals surface area contributed by atoms with Crippen LogP contribution in [-0.2, 0) is 14.8 Å². The van der Waals surface area contributed by atoms with Crippen LogP contribution in [0, 0.1) is 0 Å². The van der Waals surface area contributed by atoms with Crippen molar-refractivity contribution >= 4 is 26.7 Å². The quantitative estimate of drug-likeness (QED) is 0.713. The molecule has 128 valence electrons. The van der Waals surface area contributed by atoms with Gasteiger partial charge in [-0.1, -0.05) is 66.7 Å². The van der Waals surface area contributed by atoms with Crippen molar-refractivity contribution in [3.05, 3.63) is 78.4 Å². The maximum Gasteiger partial charge on any atom is 0.241 e. The maximum atomic E-state index is 12.9. The van der Waals surface area contributed by atoms with Crippen molar-refractivity contribution < 1.29 is 13.2 Å². The molecule has 0 spiro atoms. The van der Waals surface area contributed by atoms with E-state index in [2.05, 4.69) is 4.72 Å². The normalized spacial score (nSPS) is 12.8. The summed E-state index contributed by atoms with van der Waals surface area (Å²) in [7, 11) is -3.84. The van der Waals surface area contributed by atoms with E-state index in [0.29, 0.717) is 10.9 Å². The molecule has 0 fully saturated rings. The van der Waals surface area contributed by atoms with E-state index in [-0.39, 0.29) is 11.3 Å². The van der Waals surface area contributed by atoms with Gasteiger partial charge < -0.3 is 5.73 Å². The van der Waals surface area contributed by atoms with E-state index in [1.54, 1.807) is 48.5 Å². The van der Waals surface area contributed by atoms with Gasteiger partial charge in [0.25, 0.3) is 0 Å². The lowest BCUT2D eigenvalue weighted by Gasteiger charge is -2.18. The lowest BCUT2D eigenvalue weighted by atomic mass is 10.1. The van der Waals surface area contributed by atoms with Crippen LogP contribution in [0.2, 0.25) is 0 Å². The van der Waals surface area contributed by atoms with Gasteiger partial charge in [-0.25, -0.2) is 13.1 Å². The van der Waals surface area contributed by atoms with Crippen molar-refractivity contribution in [1.82, 2.24) is 4.72 Å². The largest absolute Gasteiger partial charge is 0.370 e. The van der Waals surface area contributed by atoms with Crippen LogP contribution in [-0.4, -0.2) is 14.3 Å². The second-order valence-electron chi connectivity index (χ2n) is 5.73. The summed E-state index contributed by atoms with van der Waals surface area (Å²) in [5.74, 6) is -0.575. The molecule has 0 radical (unpaired) electrons. The molecule has 0 heterocycles. The number of amides is 1. The molecule has 0 aliphatic heterocycles. The van der Waals surface area contributed by atoms with Gasteiger partial charge in [0, 0.05) is 11.8 Å². The first-order chi connectivity index (χ1) is 12.0. The first-order valence-electron chi connectivity index (χ1n) is 7.81. The fraction of sp³-hybridized carbons (Fsp3) is 0.105. The summed E-state index contributed by atoms with van der Waals surface area (Å²) in [5.41, 5.74) is 5.99. The summed E-state index contributed by atoms with van der Waals surface area (Å²) in [5, 5.41) is 1.46. The van der Waals surface area contributed by atoms with Crippen LogP contribution in [0.25, 0.3) is 10.8 Å². The topological polar surface area (TPSA) is 89.3 Å². The molecule has 1 amide bonds. The lowest BCUT2D eigenvalue weighted by Crippen LogP contribution is -2.32. The first-order valence-corrected chi connectivity index (χ1v) is 9.29. The molecule has 3 aromatic rings. The van der Waals surface area contributed by atoms with Crippen molar-refractivity contribution in [2.45, 2.75) is 17.4 Å². The van der Waals surface area contributed by atoms with Gasteiger partial charge in [0.1, 0.15) is 0 Å². The fourth-order valence-corrected chi connectivity index (χ4v) is 4.25. The van der Waals surface area contributed by atoms with Crippen molar-refractivity contribution in [1.29, 1.82) is 0 Å². The molecule has 3 aromatic carbocycles. The van der Waals surface area contributed by atoms with Crippen molar-refractivity contribution in [3.8, 4) is 0 Å². The minimum atomic E-state index is -3.84. The third kappa shape index (κ3) is 3.87. The molecule has 0 saturated carbocycles. The highest BCUT2D eigenvalue weighted by atomic mass is 32.2. The Bertz CT molecular complexity index is 996. The van der Waals surface area contributed by atoms with Gasteiger partial charge in [-0.2, -0.15) is 0 Å². The predicted octanol–water partition coefficient (Wildman–Crippen LogP) is 2.73. The number of hydrogen-bond acceptors (Lipinski definition) is 3. The van der Waals surface area contributed by atoms with E-state index in [9.17, 15) is 13.2 Å². The summed E-state index contributed by atoms with van der Waals surface area (Å²) in [4.78, 5) is 11.6. The van der Waals surface area contributed by atoms with Crippen LogP contribution in [0.1, 0.15) is 18.0 Å². The zero-order valence-corrected chi connectivity index (χ0v) is 14.2. The van der Waals surface area contributed by atoms with Crippen molar-refractivity contribution in [2.75, 3.05) is 0 Å². The molecule has 0 bridgehead atoms. The van der Waals surface area contributed by atoms with Crippen molar-refractivity contribution in [2.24, 2.45) is 5.73 Å². The van der Waals surface area contributed by atoms with Gasteiger partial charge in [0.2, 0.25) is 15.9 Å². The molecule has 3 N–H and O–H groups in total. The molecular formula is C19H18N2O3S. The summed E-state index contributed by atoms with van der Waals surface area (Å²) in [6, 6.07) is 20.6. The Kier molecular flexibility index (Phi) is 4.83. The highest BCUT2D eigenvalue weighted by molar-refractivity contribution is 7.89. The molecule has 0 aliphatic rings. The number of carbonyl (C=O) groups is 1. The number of nitrogens with one attached hydrogen (secondary N) is 1. The Labute approximate surface area is 146 Å². The number of primary amides is 1. The fourth-order valence-electron chi connectivity index (χ4n) is 2.79. The molecule has 0 saturated heterocycles. The molecule has 6 heteroatoms. The first kappa shape index (κ1) is 17.1. The maximum absolute atomic E-state index is 12.9. The molecule has 5 nitrogen and oxygen atoms in total. The van der Waals surface area contributed by atoms with Gasteiger partial charge in [-0.05, 0) is 17.0 Å². The van der Waals surface area contributed by atoms with Crippen LogP contribution in [0.15, 0.2) is 77.7 Å². The smallest absolute Gasteiger partial charge is 0.241 e. The van der Waals surface area contributed by atoms with E-state index < -0.39 is 22.0 Å².